The van der Waals surface area contributed by atoms with E-state index >= 15 is 0 Å². The predicted octanol–water partition coefficient (Wildman–Crippen LogP) is 3.03. The summed E-state index contributed by atoms with van der Waals surface area (Å²) in [6, 6.07) is 8.13. The Morgan fingerprint density at radius 3 is 2.67 bits per heavy atom. The van der Waals surface area contributed by atoms with E-state index in [1.807, 2.05) is 30.0 Å². The highest BCUT2D eigenvalue weighted by Gasteiger charge is 2.58. The minimum absolute atomic E-state index is 0.241. The van der Waals surface area contributed by atoms with E-state index in [2.05, 4.69) is 23.2 Å². The van der Waals surface area contributed by atoms with Crippen LogP contribution in [0.3, 0.4) is 0 Å². The molecule has 1 aliphatic carbocycles. The first-order valence-electron chi connectivity index (χ1n) is 8.70. The van der Waals surface area contributed by atoms with Crippen LogP contribution in [0.15, 0.2) is 28.7 Å². The Bertz CT molecular complexity index is 759. The van der Waals surface area contributed by atoms with Crippen LogP contribution in [0.5, 0.6) is 0 Å². The summed E-state index contributed by atoms with van der Waals surface area (Å²) in [5.74, 6) is 2.06. The van der Waals surface area contributed by atoms with Crippen molar-refractivity contribution in [2.75, 3.05) is 13.1 Å². The van der Waals surface area contributed by atoms with Gasteiger partial charge in [0.05, 0.1) is 6.42 Å². The number of likely N-dealkylation sites (tertiary alicyclic amines) is 1. The molecule has 1 saturated carbocycles. The zero-order valence-electron chi connectivity index (χ0n) is 14.3. The van der Waals surface area contributed by atoms with Gasteiger partial charge in [0.2, 0.25) is 17.7 Å². The van der Waals surface area contributed by atoms with Gasteiger partial charge in [-0.05, 0) is 42.7 Å². The topological polar surface area (TPSA) is 59.2 Å². The Labute approximate surface area is 142 Å². The normalized spacial score (nSPS) is 21.9. The van der Waals surface area contributed by atoms with Crippen LogP contribution in [0.25, 0.3) is 0 Å². The summed E-state index contributed by atoms with van der Waals surface area (Å²) in [6.45, 7) is 5.58. The molecule has 2 aliphatic rings. The molecule has 1 saturated heterocycles. The quantitative estimate of drug-likeness (QED) is 0.870. The Kier molecular flexibility index (Phi) is 3.66. The first kappa shape index (κ1) is 15.4. The average Bonchev–Trinajstić information content (AvgIpc) is 3.09. The average molecular weight is 325 g/mol. The molecule has 1 aromatic heterocycles. The monoisotopic (exact) mass is 325 g/mol. The zero-order valence-corrected chi connectivity index (χ0v) is 14.3. The van der Waals surface area contributed by atoms with Gasteiger partial charge in [-0.3, -0.25) is 4.79 Å². The molecule has 2 fully saturated rings. The lowest BCUT2D eigenvalue weighted by Crippen LogP contribution is -2.40. The first-order chi connectivity index (χ1) is 11.6. The molecule has 1 amide bonds. The molecule has 4 rings (SSSR count). The number of rotatable bonds is 3. The summed E-state index contributed by atoms with van der Waals surface area (Å²) < 4.78 is 5.60. The van der Waals surface area contributed by atoms with E-state index in [4.69, 9.17) is 4.42 Å². The Morgan fingerprint density at radius 2 is 2.00 bits per heavy atom. The van der Waals surface area contributed by atoms with Gasteiger partial charge in [0.25, 0.3) is 0 Å². The van der Waals surface area contributed by atoms with Crippen LogP contribution in [0.4, 0.5) is 0 Å². The molecule has 2 heterocycles. The molecule has 0 radical (unpaired) electrons. The number of aryl methyl sites for hydroxylation is 2. The van der Waals surface area contributed by atoms with Crippen LogP contribution < -0.4 is 0 Å². The Hall–Kier alpha value is -2.17. The van der Waals surface area contributed by atoms with Gasteiger partial charge in [0, 0.05) is 25.9 Å². The van der Waals surface area contributed by atoms with E-state index in [9.17, 15) is 4.79 Å². The molecule has 5 nitrogen and oxygen atoms in total. The van der Waals surface area contributed by atoms with Crippen LogP contribution in [0, 0.1) is 19.3 Å². The molecule has 1 spiro atoms. The van der Waals surface area contributed by atoms with E-state index in [1.54, 1.807) is 0 Å². The lowest BCUT2D eigenvalue weighted by molar-refractivity contribution is -0.132. The minimum Gasteiger partial charge on any atom is -0.425 e. The van der Waals surface area contributed by atoms with Crippen molar-refractivity contribution in [3.05, 3.63) is 47.2 Å². The van der Waals surface area contributed by atoms with Crippen LogP contribution >= 0.6 is 0 Å². The Morgan fingerprint density at radius 1 is 1.25 bits per heavy atom. The summed E-state index contributed by atoms with van der Waals surface area (Å²) in [4.78, 5) is 14.6. The number of nitrogens with zero attached hydrogens (tertiary/aromatic N) is 3. The zero-order chi connectivity index (χ0) is 16.7. The van der Waals surface area contributed by atoms with Crippen molar-refractivity contribution in [3.8, 4) is 0 Å². The van der Waals surface area contributed by atoms with Gasteiger partial charge >= 0.3 is 0 Å². The molecular formula is C19H23N3O2. The van der Waals surface area contributed by atoms with Gasteiger partial charge in [0.1, 0.15) is 0 Å². The van der Waals surface area contributed by atoms with Crippen molar-refractivity contribution in [1.29, 1.82) is 0 Å². The van der Waals surface area contributed by atoms with Gasteiger partial charge in [0.15, 0.2) is 0 Å². The summed E-state index contributed by atoms with van der Waals surface area (Å²) in [6.07, 6.45) is 3.71. The molecule has 126 valence electrons. The van der Waals surface area contributed by atoms with Gasteiger partial charge < -0.3 is 9.32 Å². The molecule has 2 aromatic rings. The second kappa shape index (κ2) is 5.72. The maximum absolute atomic E-state index is 12.6. The maximum atomic E-state index is 12.6. The van der Waals surface area contributed by atoms with Crippen LogP contribution in [-0.4, -0.2) is 34.1 Å². The fourth-order valence-electron chi connectivity index (χ4n) is 3.99. The molecular weight excluding hydrogens is 302 g/mol. The molecule has 1 atom stereocenters. The highest BCUT2D eigenvalue weighted by molar-refractivity contribution is 5.79. The lowest BCUT2D eigenvalue weighted by Gasteiger charge is -2.33. The maximum Gasteiger partial charge on any atom is 0.226 e. The summed E-state index contributed by atoms with van der Waals surface area (Å²) in [5, 5.41) is 8.12. The smallest absolute Gasteiger partial charge is 0.226 e. The van der Waals surface area contributed by atoms with Gasteiger partial charge in [-0.15, -0.1) is 10.2 Å². The fourth-order valence-corrected chi connectivity index (χ4v) is 3.99. The Balaban J connectivity index is 1.35. The number of piperidine rings is 1. The summed E-state index contributed by atoms with van der Waals surface area (Å²) >= 11 is 0. The van der Waals surface area contributed by atoms with Crippen molar-refractivity contribution in [1.82, 2.24) is 15.1 Å². The fraction of sp³-hybridized carbons (Fsp3) is 0.526. The number of aromatic nitrogens is 2. The molecule has 0 bridgehead atoms. The third-order valence-corrected chi connectivity index (χ3v) is 5.74. The second-order valence-corrected chi connectivity index (χ2v) is 7.26. The van der Waals surface area contributed by atoms with Crippen molar-refractivity contribution >= 4 is 5.91 Å². The van der Waals surface area contributed by atoms with E-state index in [0.717, 1.165) is 43.8 Å². The summed E-state index contributed by atoms with van der Waals surface area (Å²) in [5.41, 5.74) is 2.61. The van der Waals surface area contributed by atoms with Gasteiger partial charge in [-0.1, -0.05) is 24.3 Å². The number of hydrogen-bond acceptors (Lipinski definition) is 4. The molecule has 1 aliphatic heterocycles. The van der Waals surface area contributed by atoms with E-state index in [-0.39, 0.29) is 5.91 Å². The highest BCUT2D eigenvalue weighted by atomic mass is 16.4. The van der Waals surface area contributed by atoms with Crippen molar-refractivity contribution < 1.29 is 9.21 Å². The molecule has 5 heteroatoms. The molecule has 1 unspecified atom stereocenters. The second-order valence-electron chi connectivity index (χ2n) is 7.26. The largest absolute Gasteiger partial charge is 0.425 e. The number of amides is 1. The minimum atomic E-state index is 0.241. The number of carbonyl (C=O) groups is 1. The third kappa shape index (κ3) is 2.72. The van der Waals surface area contributed by atoms with E-state index in [0.29, 0.717) is 23.6 Å². The van der Waals surface area contributed by atoms with E-state index in [1.165, 1.54) is 5.56 Å². The van der Waals surface area contributed by atoms with Crippen LogP contribution in [-0.2, 0) is 11.2 Å². The van der Waals surface area contributed by atoms with Crippen molar-refractivity contribution in [2.45, 2.75) is 45.4 Å². The van der Waals surface area contributed by atoms with Crippen LogP contribution in [0.2, 0.25) is 0 Å². The first-order valence-corrected chi connectivity index (χ1v) is 8.70. The molecule has 1 aromatic carbocycles. The van der Waals surface area contributed by atoms with Crippen LogP contribution in [0.1, 0.15) is 48.1 Å². The van der Waals surface area contributed by atoms with Crippen molar-refractivity contribution in [2.24, 2.45) is 5.41 Å². The van der Waals surface area contributed by atoms with E-state index < -0.39 is 0 Å². The predicted molar refractivity (Wildman–Crippen MR) is 89.5 cm³/mol. The number of benzene rings is 1. The SMILES string of the molecule is Cc1nnc(C2CC23CCN(C(=O)Cc2ccccc2C)CC3)o1. The molecule has 0 N–H and O–H groups in total. The highest BCUT2D eigenvalue weighted by Crippen LogP contribution is 2.64. The summed E-state index contributed by atoms with van der Waals surface area (Å²) in [7, 11) is 0. The van der Waals surface area contributed by atoms with Crippen molar-refractivity contribution in [3.63, 3.8) is 0 Å². The lowest BCUT2D eigenvalue weighted by atomic mass is 9.90. The number of carbonyl (C=O) groups excluding carboxylic acids is 1. The number of hydrogen-bond donors (Lipinski definition) is 0. The standard InChI is InChI=1S/C19H23N3O2/c1-13-5-3-4-6-15(13)11-17(23)22-9-7-19(8-10-22)12-16(19)18-21-20-14(2)24-18/h3-6,16H,7-12H2,1-2H3. The van der Waals surface area contributed by atoms with Gasteiger partial charge in [-0.25, -0.2) is 0 Å². The molecule has 24 heavy (non-hydrogen) atoms. The van der Waals surface area contributed by atoms with Gasteiger partial charge in [-0.2, -0.15) is 0 Å². The third-order valence-electron chi connectivity index (χ3n) is 5.74.